The largest absolute Gasteiger partial charge is 0.345 e. The van der Waals surface area contributed by atoms with Crippen LogP contribution in [0, 0.1) is 6.92 Å². The number of imidazole rings is 1. The third-order valence-electron chi connectivity index (χ3n) is 2.67. The summed E-state index contributed by atoms with van der Waals surface area (Å²) in [6, 6.07) is 0. The average molecular weight is 264 g/mol. The van der Waals surface area contributed by atoms with Gasteiger partial charge in [-0.3, -0.25) is 4.79 Å². The van der Waals surface area contributed by atoms with Gasteiger partial charge in [-0.15, -0.1) is 11.3 Å². The van der Waals surface area contributed by atoms with Gasteiger partial charge in [0.25, 0.3) is 5.91 Å². The van der Waals surface area contributed by atoms with Crippen LogP contribution < -0.4 is 5.32 Å². The summed E-state index contributed by atoms with van der Waals surface area (Å²) >= 11 is 1.63. The van der Waals surface area contributed by atoms with Crippen molar-refractivity contribution >= 4 is 17.2 Å². The number of hydrogen-bond donors (Lipinski definition) is 1. The average Bonchev–Trinajstić information content (AvgIpc) is 2.93. The molecule has 0 aliphatic rings. The Bertz CT molecular complexity index is 539. The first-order chi connectivity index (χ1) is 8.61. The van der Waals surface area contributed by atoms with E-state index in [1.807, 2.05) is 19.4 Å². The Labute approximate surface area is 110 Å². The number of carbonyl (C=O) groups is 1. The first-order valence-electron chi connectivity index (χ1n) is 5.81. The molecule has 2 rings (SSSR count). The lowest BCUT2D eigenvalue weighted by Gasteiger charge is -2.04. The van der Waals surface area contributed by atoms with Crippen LogP contribution in [0.4, 0.5) is 0 Å². The molecule has 5 nitrogen and oxygen atoms in total. The van der Waals surface area contributed by atoms with Crippen molar-refractivity contribution in [2.75, 3.05) is 0 Å². The minimum absolute atomic E-state index is 0.112. The van der Waals surface area contributed by atoms with Crippen molar-refractivity contribution in [2.45, 2.75) is 26.8 Å². The van der Waals surface area contributed by atoms with Gasteiger partial charge in [0.05, 0.1) is 29.3 Å². The number of aryl methyl sites for hydroxylation is 3. The smallest absolute Gasteiger partial charge is 0.270 e. The quantitative estimate of drug-likeness (QED) is 0.914. The summed E-state index contributed by atoms with van der Waals surface area (Å²) in [7, 11) is 1.81. The molecular weight excluding hydrogens is 248 g/mol. The highest BCUT2D eigenvalue weighted by atomic mass is 32.1. The molecule has 0 saturated heterocycles. The van der Waals surface area contributed by atoms with Gasteiger partial charge in [0.15, 0.2) is 0 Å². The van der Waals surface area contributed by atoms with Gasteiger partial charge >= 0.3 is 0 Å². The highest BCUT2D eigenvalue weighted by molar-refractivity contribution is 7.09. The molecule has 0 fully saturated rings. The Morgan fingerprint density at radius 1 is 1.56 bits per heavy atom. The Kier molecular flexibility index (Phi) is 3.76. The number of hydrogen-bond acceptors (Lipinski definition) is 4. The van der Waals surface area contributed by atoms with Crippen LogP contribution in [-0.2, 0) is 20.0 Å². The van der Waals surface area contributed by atoms with Crippen LogP contribution in [0.5, 0.6) is 0 Å². The number of rotatable bonds is 4. The molecule has 0 saturated carbocycles. The second-order valence-electron chi connectivity index (χ2n) is 4.06. The first kappa shape index (κ1) is 12.8. The lowest BCUT2D eigenvalue weighted by Crippen LogP contribution is -2.25. The van der Waals surface area contributed by atoms with E-state index in [-0.39, 0.29) is 5.91 Å². The van der Waals surface area contributed by atoms with Gasteiger partial charge in [-0.05, 0) is 13.3 Å². The molecule has 18 heavy (non-hydrogen) atoms. The number of nitrogens with zero attached hydrogens (tertiary/aromatic N) is 3. The zero-order valence-corrected chi connectivity index (χ0v) is 11.5. The molecule has 1 N–H and O–H groups in total. The van der Waals surface area contributed by atoms with Crippen LogP contribution >= 0.6 is 11.3 Å². The number of aromatic nitrogens is 3. The topological polar surface area (TPSA) is 59.8 Å². The van der Waals surface area contributed by atoms with E-state index in [0.717, 1.165) is 22.8 Å². The number of carbonyl (C=O) groups excluding carboxylic acids is 1. The highest BCUT2D eigenvalue weighted by Gasteiger charge is 2.14. The van der Waals surface area contributed by atoms with Crippen LogP contribution in [0.3, 0.4) is 0 Å². The predicted molar refractivity (Wildman–Crippen MR) is 70.6 cm³/mol. The molecule has 0 aromatic carbocycles. The minimum atomic E-state index is -0.112. The molecule has 0 aliphatic heterocycles. The van der Waals surface area contributed by atoms with Crippen molar-refractivity contribution in [1.29, 1.82) is 0 Å². The van der Waals surface area contributed by atoms with E-state index in [9.17, 15) is 4.79 Å². The normalized spacial score (nSPS) is 10.6. The Morgan fingerprint density at radius 3 is 2.89 bits per heavy atom. The van der Waals surface area contributed by atoms with E-state index < -0.39 is 0 Å². The number of thiazole rings is 1. The Hall–Kier alpha value is -1.69. The van der Waals surface area contributed by atoms with Crippen LogP contribution in [-0.4, -0.2) is 20.4 Å². The Balaban J connectivity index is 2.00. The van der Waals surface area contributed by atoms with Gasteiger partial charge in [-0.1, -0.05) is 6.92 Å². The molecule has 1 amide bonds. The van der Waals surface area contributed by atoms with Crippen molar-refractivity contribution in [1.82, 2.24) is 19.9 Å². The molecule has 96 valence electrons. The van der Waals surface area contributed by atoms with E-state index in [0.29, 0.717) is 12.2 Å². The van der Waals surface area contributed by atoms with Crippen molar-refractivity contribution in [3.8, 4) is 0 Å². The maximum atomic E-state index is 12.0. The lowest BCUT2D eigenvalue weighted by molar-refractivity contribution is 0.0941. The summed E-state index contributed by atoms with van der Waals surface area (Å²) < 4.78 is 1.73. The fourth-order valence-electron chi connectivity index (χ4n) is 1.72. The van der Waals surface area contributed by atoms with Gasteiger partial charge in [0.1, 0.15) is 5.69 Å². The van der Waals surface area contributed by atoms with Crippen molar-refractivity contribution in [2.24, 2.45) is 7.05 Å². The number of nitrogens with one attached hydrogen (secondary N) is 1. The van der Waals surface area contributed by atoms with Gasteiger partial charge in [-0.25, -0.2) is 9.97 Å². The fraction of sp³-hybridized carbons (Fsp3) is 0.417. The van der Waals surface area contributed by atoms with Crippen LogP contribution in [0.1, 0.15) is 33.8 Å². The summed E-state index contributed by atoms with van der Waals surface area (Å²) in [5.74, 6) is -0.112. The van der Waals surface area contributed by atoms with Crippen LogP contribution in [0.15, 0.2) is 11.7 Å². The van der Waals surface area contributed by atoms with E-state index in [1.54, 1.807) is 22.2 Å². The van der Waals surface area contributed by atoms with Crippen molar-refractivity contribution in [3.05, 3.63) is 33.8 Å². The summed E-state index contributed by atoms with van der Waals surface area (Å²) in [4.78, 5) is 20.5. The van der Waals surface area contributed by atoms with Gasteiger partial charge in [-0.2, -0.15) is 0 Å². The molecule has 6 heteroatoms. The van der Waals surface area contributed by atoms with Gasteiger partial charge in [0, 0.05) is 12.4 Å². The van der Waals surface area contributed by atoms with Gasteiger partial charge in [0.2, 0.25) is 0 Å². The minimum Gasteiger partial charge on any atom is -0.345 e. The third kappa shape index (κ3) is 2.59. The number of amides is 1. The molecule has 2 heterocycles. The van der Waals surface area contributed by atoms with E-state index in [1.165, 1.54) is 0 Å². The SMILES string of the molecule is CCc1nc(CNC(=O)c2c(C)ncn2C)cs1. The standard InChI is InChI=1S/C12H16N4OS/c1-4-10-15-9(6-18-10)5-13-12(17)11-8(2)14-7-16(11)3/h6-7H,4-5H2,1-3H3,(H,13,17). The maximum Gasteiger partial charge on any atom is 0.270 e. The molecule has 2 aromatic heterocycles. The summed E-state index contributed by atoms with van der Waals surface area (Å²) in [6.07, 6.45) is 2.57. The predicted octanol–water partition coefficient (Wildman–Crippen LogP) is 1.68. The Morgan fingerprint density at radius 2 is 2.33 bits per heavy atom. The molecule has 0 unspecified atom stereocenters. The van der Waals surface area contributed by atoms with E-state index >= 15 is 0 Å². The van der Waals surface area contributed by atoms with Gasteiger partial charge < -0.3 is 9.88 Å². The van der Waals surface area contributed by atoms with Crippen LogP contribution in [0.2, 0.25) is 0 Å². The zero-order valence-electron chi connectivity index (χ0n) is 10.7. The molecule has 0 bridgehead atoms. The van der Waals surface area contributed by atoms with Crippen LogP contribution in [0.25, 0.3) is 0 Å². The first-order valence-corrected chi connectivity index (χ1v) is 6.69. The molecule has 0 aliphatic carbocycles. The zero-order chi connectivity index (χ0) is 13.1. The molecular formula is C12H16N4OS. The summed E-state index contributed by atoms with van der Waals surface area (Å²) in [5, 5.41) is 5.94. The van der Waals surface area contributed by atoms with E-state index in [4.69, 9.17) is 0 Å². The lowest BCUT2D eigenvalue weighted by atomic mass is 10.3. The summed E-state index contributed by atoms with van der Waals surface area (Å²) in [6.45, 7) is 4.35. The highest BCUT2D eigenvalue weighted by Crippen LogP contribution is 2.10. The molecule has 0 spiro atoms. The maximum absolute atomic E-state index is 12.0. The third-order valence-corrected chi connectivity index (χ3v) is 3.71. The fourth-order valence-corrected chi connectivity index (χ4v) is 2.46. The van der Waals surface area contributed by atoms with Crippen molar-refractivity contribution in [3.63, 3.8) is 0 Å². The second-order valence-corrected chi connectivity index (χ2v) is 5.00. The van der Waals surface area contributed by atoms with Crippen molar-refractivity contribution < 1.29 is 4.79 Å². The molecule has 0 radical (unpaired) electrons. The molecule has 0 atom stereocenters. The molecule has 2 aromatic rings. The van der Waals surface area contributed by atoms with E-state index in [2.05, 4.69) is 22.2 Å². The summed E-state index contributed by atoms with van der Waals surface area (Å²) in [5.41, 5.74) is 2.24. The monoisotopic (exact) mass is 264 g/mol. The second kappa shape index (κ2) is 5.30.